The second-order valence-corrected chi connectivity index (χ2v) is 12.2. The number of anilines is 1. The predicted octanol–water partition coefficient (Wildman–Crippen LogP) is 6.12. The molecule has 0 spiro atoms. The van der Waals surface area contributed by atoms with Crippen molar-refractivity contribution in [3.63, 3.8) is 0 Å². The van der Waals surface area contributed by atoms with Gasteiger partial charge >= 0.3 is 0 Å². The first-order valence-corrected chi connectivity index (χ1v) is 14.8. The highest BCUT2D eigenvalue weighted by atomic mass is 16.5. The van der Waals surface area contributed by atoms with E-state index < -0.39 is 0 Å². The van der Waals surface area contributed by atoms with Crippen LogP contribution in [0.1, 0.15) is 77.1 Å². The van der Waals surface area contributed by atoms with Crippen LogP contribution in [0.25, 0.3) is 16.5 Å². The fourth-order valence-electron chi connectivity index (χ4n) is 6.45. The zero-order valence-corrected chi connectivity index (χ0v) is 23.9. The SMILES string of the molecule is Cc1ccc2c(N3CCC(NC(=O)COC4CC(C)CCC4C(C)C)CC3)nc(C3=CCCC=C3O)nc2c1. The summed E-state index contributed by atoms with van der Waals surface area (Å²) >= 11 is 0. The van der Waals surface area contributed by atoms with Crippen molar-refractivity contribution < 1.29 is 14.6 Å². The number of aryl methyl sites for hydroxylation is 1. The van der Waals surface area contributed by atoms with Crippen LogP contribution in [0.4, 0.5) is 5.82 Å². The first kappa shape index (κ1) is 27.6. The standard InChI is InChI=1S/C32H44N4O3/c1-20(2)24-11-9-22(4)18-29(24)39-19-30(38)33-23-13-15-36(16-14-23)32-25-12-10-21(3)17-27(25)34-31(35-32)26-7-5-6-8-28(26)37/h7-8,10,12,17,20,22-24,29,37H,5-6,9,11,13-16,18-19H2,1-4H3,(H,33,38). The molecule has 1 aliphatic heterocycles. The van der Waals surface area contributed by atoms with Gasteiger partial charge in [0.25, 0.3) is 0 Å². The molecule has 1 saturated heterocycles. The molecule has 210 valence electrons. The lowest BCUT2D eigenvalue weighted by molar-refractivity contribution is -0.132. The number of benzene rings is 1. The largest absolute Gasteiger partial charge is 0.508 e. The molecule has 0 radical (unpaired) electrons. The van der Waals surface area contributed by atoms with Crippen molar-refractivity contribution in [2.24, 2.45) is 17.8 Å². The third-order valence-electron chi connectivity index (χ3n) is 8.75. The minimum absolute atomic E-state index is 0.00840. The van der Waals surface area contributed by atoms with E-state index in [1.165, 1.54) is 12.8 Å². The third-order valence-corrected chi connectivity index (χ3v) is 8.75. The Kier molecular flexibility index (Phi) is 8.55. The molecular formula is C32H44N4O3. The number of aliphatic hydroxyl groups excluding tert-OH is 1. The number of aliphatic hydroxyl groups is 1. The zero-order valence-electron chi connectivity index (χ0n) is 23.9. The van der Waals surface area contributed by atoms with Crippen LogP contribution in [0, 0.1) is 24.7 Å². The Bertz CT molecular complexity index is 1250. The maximum Gasteiger partial charge on any atom is 0.246 e. The van der Waals surface area contributed by atoms with Gasteiger partial charge < -0.3 is 20.1 Å². The number of aromatic nitrogens is 2. The van der Waals surface area contributed by atoms with E-state index in [-0.39, 0.29) is 30.4 Å². The third kappa shape index (κ3) is 6.46. The van der Waals surface area contributed by atoms with E-state index in [0.29, 0.717) is 29.2 Å². The number of carbonyl (C=O) groups excluding carboxylic acids is 1. The Morgan fingerprint density at radius 3 is 2.64 bits per heavy atom. The Morgan fingerprint density at radius 2 is 1.90 bits per heavy atom. The molecule has 0 bridgehead atoms. The number of ether oxygens (including phenoxy) is 1. The highest BCUT2D eigenvalue weighted by Crippen LogP contribution is 2.35. The molecule has 2 aromatic rings. The van der Waals surface area contributed by atoms with Gasteiger partial charge in [-0.05, 0) is 87.0 Å². The number of amides is 1. The molecule has 3 atom stereocenters. The number of carbonyl (C=O) groups is 1. The van der Waals surface area contributed by atoms with Gasteiger partial charge in [0.1, 0.15) is 18.2 Å². The second-order valence-electron chi connectivity index (χ2n) is 12.2. The lowest BCUT2D eigenvalue weighted by atomic mass is 9.75. The summed E-state index contributed by atoms with van der Waals surface area (Å²) in [6, 6.07) is 6.40. The summed E-state index contributed by atoms with van der Waals surface area (Å²) in [5.41, 5.74) is 2.74. The van der Waals surface area contributed by atoms with Crippen molar-refractivity contribution in [3.8, 4) is 0 Å². The van der Waals surface area contributed by atoms with Gasteiger partial charge in [-0.25, -0.2) is 9.97 Å². The highest BCUT2D eigenvalue weighted by molar-refractivity contribution is 5.92. The fraction of sp³-hybridized carbons (Fsp3) is 0.594. The quantitative estimate of drug-likeness (QED) is 0.447. The first-order valence-electron chi connectivity index (χ1n) is 14.8. The van der Waals surface area contributed by atoms with Crippen molar-refractivity contribution in [2.75, 3.05) is 24.6 Å². The van der Waals surface area contributed by atoms with E-state index in [9.17, 15) is 9.90 Å². The predicted molar refractivity (Wildman–Crippen MR) is 157 cm³/mol. The minimum Gasteiger partial charge on any atom is -0.508 e. The smallest absolute Gasteiger partial charge is 0.246 e. The van der Waals surface area contributed by atoms with E-state index >= 15 is 0 Å². The van der Waals surface area contributed by atoms with E-state index in [1.807, 2.05) is 12.2 Å². The molecule has 1 saturated carbocycles. The summed E-state index contributed by atoms with van der Waals surface area (Å²) in [5, 5.41) is 14.7. The number of fused-ring (bicyclic) bond motifs is 1. The van der Waals surface area contributed by atoms with Gasteiger partial charge in [-0.2, -0.15) is 0 Å². The number of hydrogen-bond acceptors (Lipinski definition) is 6. The van der Waals surface area contributed by atoms with Crippen molar-refractivity contribution in [2.45, 2.75) is 84.8 Å². The van der Waals surface area contributed by atoms with Crippen LogP contribution in [-0.4, -0.2) is 52.8 Å². The summed E-state index contributed by atoms with van der Waals surface area (Å²) < 4.78 is 6.19. The molecule has 5 rings (SSSR count). The monoisotopic (exact) mass is 532 g/mol. The molecule has 2 aliphatic carbocycles. The molecule has 3 unspecified atom stereocenters. The number of rotatable bonds is 7. The number of piperidine rings is 1. The molecule has 3 aliphatic rings. The topological polar surface area (TPSA) is 87.6 Å². The van der Waals surface area contributed by atoms with E-state index in [0.717, 1.165) is 67.5 Å². The Balaban J connectivity index is 1.23. The average molecular weight is 533 g/mol. The van der Waals surface area contributed by atoms with Gasteiger partial charge in [0.15, 0.2) is 5.82 Å². The molecule has 7 nitrogen and oxygen atoms in total. The molecule has 39 heavy (non-hydrogen) atoms. The molecular weight excluding hydrogens is 488 g/mol. The van der Waals surface area contributed by atoms with Gasteiger partial charge in [0.2, 0.25) is 5.91 Å². The minimum atomic E-state index is -0.00840. The fourth-order valence-corrected chi connectivity index (χ4v) is 6.45. The van der Waals surface area contributed by atoms with Crippen LogP contribution in [0.15, 0.2) is 36.1 Å². The number of nitrogens with one attached hydrogen (secondary N) is 1. The van der Waals surface area contributed by atoms with Crippen LogP contribution in [0.2, 0.25) is 0 Å². The summed E-state index contributed by atoms with van der Waals surface area (Å²) in [6.07, 6.45) is 10.9. The molecule has 1 aromatic carbocycles. The van der Waals surface area contributed by atoms with Gasteiger partial charge in [0.05, 0.1) is 17.2 Å². The first-order chi connectivity index (χ1) is 18.8. The van der Waals surface area contributed by atoms with Crippen molar-refractivity contribution in [3.05, 3.63) is 47.5 Å². The van der Waals surface area contributed by atoms with Crippen molar-refractivity contribution >= 4 is 28.2 Å². The van der Waals surface area contributed by atoms with E-state index in [1.54, 1.807) is 0 Å². The molecule has 2 N–H and O–H groups in total. The maximum atomic E-state index is 12.8. The Labute approximate surface area is 232 Å². The van der Waals surface area contributed by atoms with Gasteiger partial charge in [-0.3, -0.25) is 4.79 Å². The summed E-state index contributed by atoms with van der Waals surface area (Å²) in [5.74, 6) is 3.49. The van der Waals surface area contributed by atoms with Crippen molar-refractivity contribution in [1.29, 1.82) is 0 Å². The highest BCUT2D eigenvalue weighted by Gasteiger charge is 2.32. The Hall–Kier alpha value is -2.93. The van der Waals surface area contributed by atoms with Crippen LogP contribution < -0.4 is 10.2 Å². The number of hydrogen-bond donors (Lipinski definition) is 2. The average Bonchev–Trinajstić information content (AvgIpc) is 2.91. The zero-order chi connectivity index (χ0) is 27.5. The van der Waals surface area contributed by atoms with E-state index in [2.05, 4.69) is 56.1 Å². The summed E-state index contributed by atoms with van der Waals surface area (Å²) in [6.45, 7) is 10.6. The summed E-state index contributed by atoms with van der Waals surface area (Å²) in [7, 11) is 0. The molecule has 7 heteroatoms. The lowest BCUT2D eigenvalue weighted by Crippen LogP contribution is -2.46. The lowest BCUT2D eigenvalue weighted by Gasteiger charge is -2.37. The molecule has 1 amide bonds. The molecule has 1 aromatic heterocycles. The van der Waals surface area contributed by atoms with Gasteiger partial charge in [-0.15, -0.1) is 0 Å². The molecule has 2 heterocycles. The van der Waals surface area contributed by atoms with E-state index in [4.69, 9.17) is 14.7 Å². The number of allylic oxidation sites excluding steroid dienone is 3. The maximum absolute atomic E-state index is 12.8. The van der Waals surface area contributed by atoms with Crippen LogP contribution in [0.3, 0.4) is 0 Å². The molecule has 2 fully saturated rings. The van der Waals surface area contributed by atoms with Crippen LogP contribution in [0.5, 0.6) is 0 Å². The Morgan fingerprint density at radius 1 is 1.13 bits per heavy atom. The van der Waals surface area contributed by atoms with Crippen LogP contribution in [-0.2, 0) is 9.53 Å². The second kappa shape index (κ2) is 12.1. The normalized spacial score (nSPS) is 24.5. The van der Waals surface area contributed by atoms with Crippen LogP contribution >= 0.6 is 0 Å². The summed E-state index contributed by atoms with van der Waals surface area (Å²) in [4.78, 5) is 24.9. The number of nitrogens with zero attached hydrogens (tertiary/aromatic N) is 3. The van der Waals surface area contributed by atoms with Gasteiger partial charge in [-0.1, -0.05) is 39.3 Å². The van der Waals surface area contributed by atoms with Gasteiger partial charge in [0, 0.05) is 24.5 Å². The van der Waals surface area contributed by atoms with Crippen molar-refractivity contribution in [1.82, 2.24) is 15.3 Å².